The molecule has 0 saturated carbocycles. The van der Waals surface area contributed by atoms with E-state index in [2.05, 4.69) is 0 Å². The Hall–Kier alpha value is -1.53. The highest BCUT2D eigenvalue weighted by molar-refractivity contribution is 6.32. The minimum absolute atomic E-state index is 0.0361. The number of nitrogens with zero attached hydrogens (tertiary/aromatic N) is 1. The first-order valence-corrected chi connectivity index (χ1v) is 3.92. The average molecular weight is 196 g/mol. The smallest absolute Gasteiger partial charge is 0.157 e. The number of carbonyl (C=O) groups is 1. The van der Waals surface area contributed by atoms with E-state index in [1.807, 2.05) is 6.07 Å². The second kappa shape index (κ2) is 4.48. The van der Waals surface area contributed by atoms with Crippen LogP contribution in [0.15, 0.2) is 18.2 Å². The fourth-order valence-electron chi connectivity index (χ4n) is 0.811. The first-order chi connectivity index (χ1) is 6.27. The summed E-state index contributed by atoms with van der Waals surface area (Å²) in [6.45, 7) is -0.0361. The largest absolute Gasteiger partial charge is 0.485 e. The van der Waals surface area contributed by atoms with Crippen molar-refractivity contribution in [1.82, 2.24) is 0 Å². The van der Waals surface area contributed by atoms with Gasteiger partial charge in [0.05, 0.1) is 16.7 Å². The molecule has 0 saturated heterocycles. The number of aldehydes is 1. The molecule has 0 bridgehead atoms. The molecule has 0 atom stereocenters. The third kappa shape index (κ3) is 2.46. The quantitative estimate of drug-likeness (QED) is 0.691. The van der Waals surface area contributed by atoms with Gasteiger partial charge in [0.2, 0.25) is 0 Å². The van der Waals surface area contributed by atoms with E-state index >= 15 is 0 Å². The SMILES string of the molecule is N#Cc1ccc(OCC=O)c(Cl)c1. The molecule has 0 radical (unpaired) electrons. The summed E-state index contributed by atoms with van der Waals surface area (Å²) in [7, 11) is 0. The molecule has 66 valence electrons. The van der Waals surface area contributed by atoms with Crippen molar-refractivity contribution in [3.05, 3.63) is 28.8 Å². The Kier molecular flexibility index (Phi) is 3.30. The van der Waals surface area contributed by atoms with E-state index in [-0.39, 0.29) is 6.61 Å². The highest BCUT2D eigenvalue weighted by Gasteiger charge is 2.01. The predicted molar refractivity (Wildman–Crippen MR) is 47.7 cm³/mol. The topological polar surface area (TPSA) is 50.1 Å². The molecular formula is C9H6ClNO2. The van der Waals surface area contributed by atoms with Gasteiger partial charge in [0.25, 0.3) is 0 Å². The monoisotopic (exact) mass is 195 g/mol. The van der Waals surface area contributed by atoms with Gasteiger partial charge in [0, 0.05) is 0 Å². The summed E-state index contributed by atoms with van der Waals surface area (Å²) in [6.07, 6.45) is 0.633. The second-order valence-electron chi connectivity index (χ2n) is 2.23. The fraction of sp³-hybridized carbons (Fsp3) is 0.111. The maximum absolute atomic E-state index is 9.99. The highest BCUT2D eigenvalue weighted by Crippen LogP contribution is 2.24. The molecule has 0 spiro atoms. The zero-order valence-corrected chi connectivity index (χ0v) is 7.41. The third-order valence-corrected chi connectivity index (χ3v) is 1.66. The van der Waals surface area contributed by atoms with E-state index in [0.717, 1.165) is 0 Å². The van der Waals surface area contributed by atoms with Gasteiger partial charge in [-0.05, 0) is 18.2 Å². The van der Waals surface area contributed by atoms with Crippen molar-refractivity contribution in [2.75, 3.05) is 6.61 Å². The zero-order valence-electron chi connectivity index (χ0n) is 6.66. The molecule has 13 heavy (non-hydrogen) atoms. The van der Waals surface area contributed by atoms with Crippen LogP contribution in [-0.2, 0) is 4.79 Å². The lowest BCUT2D eigenvalue weighted by molar-refractivity contribution is -0.109. The number of ether oxygens (including phenoxy) is 1. The van der Waals surface area contributed by atoms with Crippen LogP contribution in [0.3, 0.4) is 0 Å². The summed E-state index contributed by atoms with van der Waals surface area (Å²) in [5.74, 6) is 0.410. The number of carbonyl (C=O) groups excluding carboxylic acids is 1. The van der Waals surface area contributed by atoms with E-state index in [1.54, 1.807) is 12.1 Å². The Morgan fingerprint density at radius 1 is 1.62 bits per heavy atom. The van der Waals surface area contributed by atoms with Crippen LogP contribution in [0.2, 0.25) is 5.02 Å². The van der Waals surface area contributed by atoms with Crippen LogP contribution in [0, 0.1) is 11.3 Å². The number of halogens is 1. The van der Waals surface area contributed by atoms with Crippen molar-refractivity contribution in [3.63, 3.8) is 0 Å². The van der Waals surface area contributed by atoms with Crippen molar-refractivity contribution in [2.45, 2.75) is 0 Å². The Morgan fingerprint density at radius 2 is 2.38 bits per heavy atom. The number of hydrogen-bond donors (Lipinski definition) is 0. The number of benzene rings is 1. The molecule has 0 amide bonds. The summed E-state index contributed by atoms with van der Waals surface area (Å²) in [6, 6.07) is 6.56. The molecule has 0 heterocycles. The van der Waals surface area contributed by atoms with Gasteiger partial charge < -0.3 is 4.74 Å². The van der Waals surface area contributed by atoms with Gasteiger partial charge >= 0.3 is 0 Å². The summed E-state index contributed by atoms with van der Waals surface area (Å²) >= 11 is 5.75. The van der Waals surface area contributed by atoms with Crippen molar-refractivity contribution in [2.24, 2.45) is 0 Å². The number of nitriles is 1. The van der Waals surface area contributed by atoms with Crippen molar-refractivity contribution in [3.8, 4) is 11.8 Å². The van der Waals surface area contributed by atoms with Gasteiger partial charge in [0.1, 0.15) is 12.4 Å². The van der Waals surface area contributed by atoms with E-state index in [9.17, 15) is 4.79 Å². The van der Waals surface area contributed by atoms with Crippen molar-refractivity contribution in [1.29, 1.82) is 5.26 Å². The highest BCUT2D eigenvalue weighted by atomic mass is 35.5. The molecule has 0 N–H and O–H groups in total. The molecule has 0 unspecified atom stereocenters. The second-order valence-corrected chi connectivity index (χ2v) is 2.64. The van der Waals surface area contributed by atoms with Crippen molar-refractivity contribution < 1.29 is 9.53 Å². The molecule has 1 aromatic rings. The molecule has 4 heteroatoms. The average Bonchev–Trinajstić information content (AvgIpc) is 2.16. The molecule has 0 aliphatic carbocycles. The maximum atomic E-state index is 9.99. The fourth-order valence-corrected chi connectivity index (χ4v) is 1.05. The van der Waals surface area contributed by atoms with Gasteiger partial charge in [-0.2, -0.15) is 5.26 Å². The first-order valence-electron chi connectivity index (χ1n) is 3.54. The van der Waals surface area contributed by atoms with Crippen LogP contribution in [0.1, 0.15) is 5.56 Å². The van der Waals surface area contributed by atoms with Gasteiger partial charge in [-0.3, -0.25) is 4.79 Å². The van der Waals surface area contributed by atoms with Crippen LogP contribution in [0.5, 0.6) is 5.75 Å². The van der Waals surface area contributed by atoms with Crippen LogP contribution in [-0.4, -0.2) is 12.9 Å². The number of hydrogen-bond acceptors (Lipinski definition) is 3. The molecule has 1 aromatic carbocycles. The lowest BCUT2D eigenvalue weighted by atomic mass is 10.2. The minimum atomic E-state index is -0.0361. The molecule has 3 nitrogen and oxygen atoms in total. The molecule has 1 rings (SSSR count). The predicted octanol–water partition coefficient (Wildman–Crippen LogP) is 1.79. The van der Waals surface area contributed by atoms with Crippen LogP contribution >= 0.6 is 11.6 Å². The molecular weight excluding hydrogens is 190 g/mol. The van der Waals surface area contributed by atoms with Crippen LogP contribution < -0.4 is 4.74 Å². The van der Waals surface area contributed by atoms with E-state index in [1.165, 1.54) is 6.07 Å². The Labute approximate surface area is 80.5 Å². The van der Waals surface area contributed by atoms with Gasteiger partial charge in [0.15, 0.2) is 6.29 Å². The standard InChI is InChI=1S/C9H6ClNO2/c10-8-5-7(6-11)1-2-9(8)13-4-3-12/h1-3,5H,4H2. The minimum Gasteiger partial charge on any atom is -0.485 e. The van der Waals surface area contributed by atoms with Gasteiger partial charge in [-0.1, -0.05) is 11.6 Å². The van der Waals surface area contributed by atoms with Crippen LogP contribution in [0.4, 0.5) is 0 Å². The molecule has 0 aliphatic rings. The lowest BCUT2D eigenvalue weighted by Gasteiger charge is -2.03. The zero-order chi connectivity index (χ0) is 9.68. The third-order valence-electron chi connectivity index (χ3n) is 1.37. The van der Waals surface area contributed by atoms with E-state index < -0.39 is 0 Å². The van der Waals surface area contributed by atoms with E-state index in [4.69, 9.17) is 21.6 Å². The summed E-state index contributed by atoms with van der Waals surface area (Å²) in [5, 5.41) is 8.86. The Morgan fingerprint density at radius 3 is 2.92 bits per heavy atom. The van der Waals surface area contributed by atoms with Crippen molar-refractivity contribution >= 4 is 17.9 Å². The van der Waals surface area contributed by atoms with Gasteiger partial charge in [-0.15, -0.1) is 0 Å². The molecule has 0 fully saturated rings. The number of rotatable bonds is 3. The summed E-state index contributed by atoms with van der Waals surface area (Å²) < 4.78 is 4.98. The van der Waals surface area contributed by atoms with Gasteiger partial charge in [-0.25, -0.2) is 0 Å². The normalized spacial score (nSPS) is 8.92. The molecule has 0 aliphatic heterocycles. The van der Waals surface area contributed by atoms with Crippen LogP contribution in [0.25, 0.3) is 0 Å². The molecule has 0 aromatic heterocycles. The summed E-state index contributed by atoms with van der Waals surface area (Å²) in [5.41, 5.74) is 0.462. The lowest BCUT2D eigenvalue weighted by Crippen LogP contribution is -1.98. The first kappa shape index (κ1) is 9.56. The Balaban J connectivity index is 2.86. The maximum Gasteiger partial charge on any atom is 0.157 e. The Bertz CT molecular complexity index is 357. The summed E-state index contributed by atoms with van der Waals surface area (Å²) in [4.78, 5) is 9.99. The van der Waals surface area contributed by atoms with E-state index in [0.29, 0.717) is 22.6 Å².